The number of nitrogens with zero attached hydrogens (tertiary/aromatic N) is 2. The molecule has 8 heteroatoms. The molecular weight excluding hydrogens is 402 g/mol. The van der Waals surface area contributed by atoms with Gasteiger partial charge in [0, 0.05) is 29.6 Å². The van der Waals surface area contributed by atoms with Crippen molar-refractivity contribution in [3.8, 4) is 22.4 Å². The Morgan fingerprint density at radius 1 is 1.13 bits per heavy atom. The molecule has 2 aromatic carbocycles. The maximum Gasteiger partial charge on any atom is 0.298 e. The van der Waals surface area contributed by atoms with Gasteiger partial charge in [-0.3, -0.25) is 4.79 Å². The number of benzene rings is 2. The van der Waals surface area contributed by atoms with Gasteiger partial charge in [-0.25, -0.2) is 0 Å². The number of carbonyl (C=O) groups excluding carboxylic acids is 1. The van der Waals surface area contributed by atoms with Crippen LogP contribution in [0.4, 0.5) is 0 Å². The summed E-state index contributed by atoms with van der Waals surface area (Å²) in [6.07, 6.45) is 1.43. The fourth-order valence-corrected chi connectivity index (χ4v) is 3.27. The Bertz CT molecular complexity index is 1010. The lowest BCUT2D eigenvalue weighted by Gasteiger charge is -2.13. The quantitative estimate of drug-likeness (QED) is 0.543. The molecule has 1 aromatic heterocycles. The largest absolute Gasteiger partial charge is 0.497 e. The van der Waals surface area contributed by atoms with Crippen LogP contribution in [-0.4, -0.2) is 35.5 Å². The molecule has 0 aliphatic carbocycles. The Balaban J connectivity index is 1.71. The van der Waals surface area contributed by atoms with E-state index in [0.717, 1.165) is 17.7 Å². The fourth-order valence-electron chi connectivity index (χ4n) is 2.71. The van der Waals surface area contributed by atoms with Crippen molar-refractivity contribution in [2.45, 2.75) is 32.7 Å². The van der Waals surface area contributed by atoms with Gasteiger partial charge in [-0.2, -0.15) is 9.36 Å². The van der Waals surface area contributed by atoms with Crippen molar-refractivity contribution < 1.29 is 19.0 Å². The Morgan fingerprint density at radius 2 is 1.97 bits per heavy atom. The van der Waals surface area contributed by atoms with Gasteiger partial charge in [0.25, 0.3) is 11.1 Å². The smallest absolute Gasteiger partial charge is 0.298 e. The Hall–Kier alpha value is -3.13. The van der Waals surface area contributed by atoms with Crippen molar-refractivity contribution >= 4 is 17.4 Å². The molecule has 3 aromatic rings. The van der Waals surface area contributed by atoms with Crippen LogP contribution in [0.3, 0.4) is 0 Å². The average Bonchev–Trinajstić information content (AvgIpc) is 3.20. The van der Waals surface area contributed by atoms with E-state index in [9.17, 15) is 4.79 Å². The van der Waals surface area contributed by atoms with Crippen LogP contribution in [0.15, 0.2) is 42.5 Å². The zero-order valence-electron chi connectivity index (χ0n) is 17.5. The van der Waals surface area contributed by atoms with Crippen molar-refractivity contribution in [1.29, 1.82) is 0 Å². The minimum Gasteiger partial charge on any atom is -0.497 e. The summed E-state index contributed by atoms with van der Waals surface area (Å²) >= 11 is 1.17. The highest BCUT2D eigenvalue weighted by Gasteiger charge is 2.15. The van der Waals surface area contributed by atoms with Gasteiger partial charge in [0.2, 0.25) is 0 Å². The van der Waals surface area contributed by atoms with Crippen molar-refractivity contribution in [2.75, 3.05) is 14.2 Å². The molecule has 0 radical (unpaired) electrons. The van der Waals surface area contributed by atoms with Crippen molar-refractivity contribution in [3.05, 3.63) is 59.4 Å². The number of carbonyl (C=O) groups is 1. The van der Waals surface area contributed by atoms with Crippen molar-refractivity contribution in [1.82, 2.24) is 14.7 Å². The molecule has 1 atom stereocenters. The van der Waals surface area contributed by atoms with Crippen LogP contribution < -0.4 is 19.5 Å². The second kappa shape index (κ2) is 10.1. The number of hydrogen-bond acceptors (Lipinski definition) is 7. The number of methoxy groups -OCH3 is 2. The highest BCUT2D eigenvalue weighted by atomic mass is 32.1. The van der Waals surface area contributed by atoms with E-state index in [-0.39, 0.29) is 11.9 Å². The number of ether oxygens (including phenoxy) is 3. The molecule has 30 heavy (non-hydrogen) atoms. The number of rotatable bonds is 9. The molecule has 1 unspecified atom stereocenters. The first-order valence-corrected chi connectivity index (χ1v) is 10.4. The molecule has 3 rings (SSSR count). The normalized spacial score (nSPS) is 11.6. The van der Waals surface area contributed by atoms with Crippen LogP contribution >= 0.6 is 11.5 Å². The van der Waals surface area contributed by atoms with Crippen LogP contribution in [0.1, 0.15) is 42.0 Å². The number of aromatic nitrogens is 2. The molecule has 0 aliphatic heterocycles. The maximum absolute atomic E-state index is 12.3. The minimum absolute atomic E-state index is 0.101. The molecule has 0 fully saturated rings. The lowest BCUT2D eigenvalue weighted by Crippen LogP contribution is -2.31. The highest BCUT2D eigenvalue weighted by Crippen LogP contribution is 2.33. The highest BCUT2D eigenvalue weighted by molar-refractivity contribution is 7.07. The van der Waals surface area contributed by atoms with Crippen LogP contribution in [-0.2, 0) is 6.42 Å². The summed E-state index contributed by atoms with van der Waals surface area (Å²) in [5, 5.41) is 3.34. The fraction of sp³-hybridized carbons (Fsp3) is 0.318. The first kappa shape index (κ1) is 21.6. The van der Waals surface area contributed by atoms with Gasteiger partial charge >= 0.3 is 0 Å². The Morgan fingerprint density at radius 3 is 2.70 bits per heavy atom. The molecule has 0 spiro atoms. The van der Waals surface area contributed by atoms with E-state index in [0.29, 0.717) is 34.5 Å². The third kappa shape index (κ3) is 5.48. The number of amides is 1. The summed E-state index contributed by atoms with van der Waals surface area (Å²) in [5.41, 5.74) is 1.56. The SMILES string of the molecule is CCC(C)NC(=O)c1ccc(Oc2nc(Cc3cccc(OC)c3)ns2)c(OC)c1. The third-order valence-corrected chi connectivity index (χ3v) is 5.19. The van der Waals surface area contributed by atoms with E-state index in [2.05, 4.69) is 14.7 Å². The zero-order chi connectivity index (χ0) is 21.5. The summed E-state index contributed by atoms with van der Waals surface area (Å²) in [7, 11) is 3.17. The lowest BCUT2D eigenvalue weighted by molar-refractivity contribution is 0.0939. The molecule has 7 nitrogen and oxygen atoms in total. The molecule has 1 N–H and O–H groups in total. The predicted molar refractivity (Wildman–Crippen MR) is 116 cm³/mol. The maximum atomic E-state index is 12.3. The van der Waals surface area contributed by atoms with E-state index >= 15 is 0 Å². The van der Waals surface area contributed by atoms with E-state index in [4.69, 9.17) is 14.2 Å². The Labute approximate surface area is 180 Å². The van der Waals surface area contributed by atoms with Crippen LogP contribution in [0.5, 0.6) is 22.4 Å². The van der Waals surface area contributed by atoms with E-state index in [1.54, 1.807) is 25.3 Å². The summed E-state index contributed by atoms with van der Waals surface area (Å²) in [6.45, 7) is 3.98. The minimum atomic E-state index is -0.148. The van der Waals surface area contributed by atoms with Crippen molar-refractivity contribution in [2.24, 2.45) is 0 Å². The van der Waals surface area contributed by atoms with Gasteiger partial charge in [0.1, 0.15) is 5.75 Å². The van der Waals surface area contributed by atoms with E-state index in [1.165, 1.54) is 18.6 Å². The van der Waals surface area contributed by atoms with Crippen LogP contribution in [0.25, 0.3) is 0 Å². The standard InChI is InChI=1S/C22H25N3O4S/c1-5-14(2)23-21(26)16-9-10-18(19(13-16)28-4)29-22-24-20(25-30-22)12-15-7-6-8-17(11-15)27-3/h6-11,13-14H,5,12H2,1-4H3,(H,23,26). The predicted octanol–water partition coefficient (Wildman–Crippen LogP) is 4.47. The number of hydrogen-bond donors (Lipinski definition) is 1. The topological polar surface area (TPSA) is 82.6 Å². The molecule has 0 bridgehead atoms. The molecule has 0 saturated heterocycles. The second-order valence-corrected chi connectivity index (χ2v) is 7.47. The molecular formula is C22H25N3O4S. The van der Waals surface area contributed by atoms with Gasteiger partial charge in [0.05, 0.1) is 14.2 Å². The number of nitrogens with one attached hydrogen (secondary N) is 1. The lowest BCUT2D eigenvalue weighted by atomic mass is 10.1. The molecule has 1 heterocycles. The first-order chi connectivity index (χ1) is 14.5. The van der Waals surface area contributed by atoms with Gasteiger partial charge in [-0.1, -0.05) is 19.1 Å². The molecule has 1 amide bonds. The van der Waals surface area contributed by atoms with Crippen molar-refractivity contribution in [3.63, 3.8) is 0 Å². The third-order valence-electron chi connectivity index (χ3n) is 4.56. The summed E-state index contributed by atoms with van der Waals surface area (Å²) in [5.74, 6) is 2.23. The van der Waals surface area contributed by atoms with Gasteiger partial charge in [-0.05, 0) is 49.2 Å². The molecule has 0 saturated carbocycles. The molecule has 158 valence electrons. The summed E-state index contributed by atoms with van der Waals surface area (Å²) in [6, 6.07) is 12.9. The first-order valence-electron chi connectivity index (χ1n) is 9.64. The Kier molecular flexibility index (Phi) is 7.24. The van der Waals surface area contributed by atoms with Gasteiger partial charge < -0.3 is 19.5 Å². The summed E-state index contributed by atoms with van der Waals surface area (Å²) < 4.78 is 20.9. The van der Waals surface area contributed by atoms with Gasteiger partial charge in [0.15, 0.2) is 17.3 Å². The second-order valence-electron chi connectivity index (χ2n) is 6.76. The summed E-state index contributed by atoms with van der Waals surface area (Å²) in [4.78, 5) is 16.8. The monoisotopic (exact) mass is 427 g/mol. The molecule has 0 aliphatic rings. The zero-order valence-corrected chi connectivity index (χ0v) is 18.3. The van der Waals surface area contributed by atoms with Crippen LogP contribution in [0.2, 0.25) is 0 Å². The van der Waals surface area contributed by atoms with E-state index in [1.807, 2.05) is 38.1 Å². The van der Waals surface area contributed by atoms with Crippen LogP contribution in [0, 0.1) is 0 Å². The average molecular weight is 428 g/mol. The van der Waals surface area contributed by atoms with E-state index < -0.39 is 0 Å². The van der Waals surface area contributed by atoms with Gasteiger partial charge in [-0.15, -0.1) is 0 Å².